The molecule has 0 aliphatic rings. The number of ether oxygens (including phenoxy) is 2. The summed E-state index contributed by atoms with van der Waals surface area (Å²) in [6.07, 6.45) is 2.61. The normalized spacial score (nSPS) is 10.8. The summed E-state index contributed by atoms with van der Waals surface area (Å²) in [5, 5.41) is 8.67. The maximum absolute atomic E-state index is 10.6. The van der Waals surface area contributed by atoms with E-state index in [9.17, 15) is 4.79 Å². The van der Waals surface area contributed by atoms with Crippen molar-refractivity contribution in [2.45, 2.75) is 12.7 Å². The largest absolute Gasteiger partial charge is 0.493 e. The van der Waals surface area contributed by atoms with Gasteiger partial charge in [-0.2, -0.15) is 11.8 Å². The first-order valence-electron chi connectivity index (χ1n) is 7.93. The highest BCUT2D eigenvalue weighted by Crippen LogP contribution is 2.28. The zero-order valence-electron chi connectivity index (χ0n) is 14.4. The number of methoxy groups -OCH3 is 1. The minimum absolute atomic E-state index is 0.581. The van der Waals surface area contributed by atoms with Gasteiger partial charge >= 0.3 is 5.97 Å². The summed E-state index contributed by atoms with van der Waals surface area (Å²) in [6.45, 7) is 2.66. The Morgan fingerprint density at radius 1 is 1.16 bits per heavy atom. The second-order valence-electron chi connectivity index (χ2n) is 5.47. The highest BCUT2D eigenvalue weighted by atomic mass is 32.2. The van der Waals surface area contributed by atoms with E-state index in [0.717, 1.165) is 23.1 Å². The van der Waals surface area contributed by atoms with Crippen LogP contribution in [0.5, 0.6) is 11.5 Å². The monoisotopic (exact) mass is 358 g/mol. The molecule has 0 heterocycles. The first kappa shape index (κ1) is 18.9. The lowest BCUT2D eigenvalue weighted by atomic mass is 10.2. The molecule has 0 aliphatic carbocycles. The smallest absolute Gasteiger partial charge is 0.328 e. The van der Waals surface area contributed by atoms with Crippen LogP contribution in [0.2, 0.25) is 0 Å². The number of thioether (sulfide) groups is 1. The van der Waals surface area contributed by atoms with Crippen LogP contribution in [0.3, 0.4) is 0 Å². The fourth-order valence-corrected chi connectivity index (χ4v) is 2.93. The van der Waals surface area contributed by atoms with Crippen molar-refractivity contribution in [3.05, 3.63) is 65.2 Å². The maximum atomic E-state index is 10.6. The van der Waals surface area contributed by atoms with Gasteiger partial charge < -0.3 is 14.6 Å². The van der Waals surface area contributed by atoms with Crippen LogP contribution in [-0.2, 0) is 10.5 Å². The first-order chi connectivity index (χ1) is 12.1. The molecule has 25 heavy (non-hydrogen) atoms. The van der Waals surface area contributed by atoms with E-state index in [1.165, 1.54) is 17.2 Å². The average molecular weight is 358 g/mol. The lowest BCUT2D eigenvalue weighted by Gasteiger charge is -2.11. The Bertz CT molecular complexity index is 723. The molecule has 0 radical (unpaired) electrons. The number of benzene rings is 2. The van der Waals surface area contributed by atoms with Gasteiger partial charge in [0.1, 0.15) is 0 Å². The fraction of sp³-hybridized carbons (Fsp3) is 0.250. The molecule has 0 aliphatic heterocycles. The molecule has 0 saturated carbocycles. The molecule has 0 atom stereocenters. The van der Waals surface area contributed by atoms with E-state index >= 15 is 0 Å². The van der Waals surface area contributed by atoms with Crippen molar-refractivity contribution >= 4 is 23.8 Å². The molecule has 1 N–H and O–H groups in total. The Hall–Kier alpha value is -2.40. The summed E-state index contributed by atoms with van der Waals surface area (Å²) in [6, 6.07) is 13.9. The summed E-state index contributed by atoms with van der Waals surface area (Å²) in [7, 11) is 1.57. The molecule has 2 aromatic carbocycles. The van der Waals surface area contributed by atoms with Gasteiger partial charge in [0.2, 0.25) is 0 Å². The summed E-state index contributed by atoms with van der Waals surface area (Å²) >= 11 is 1.82. The van der Waals surface area contributed by atoms with Gasteiger partial charge in [-0.05, 0) is 36.3 Å². The van der Waals surface area contributed by atoms with Gasteiger partial charge in [0.15, 0.2) is 11.5 Å². The number of carbonyl (C=O) groups is 1. The molecule has 0 spiro atoms. The fourth-order valence-electron chi connectivity index (χ4n) is 2.16. The molecule has 0 unspecified atom stereocenters. The Morgan fingerprint density at radius 3 is 2.60 bits per heavy atom. The molecule has 0 amide bonds. The van der Waals surface area contributed by atoms with E-state index in [4.69, 9.17) is 14.6 Å². The number of carboxylic acid groups (broad SMARTS) is 1. The molecule has 4 nitrogen and oxygen atoms in total. The van der Waals surface area contributed by atoms with E-state index < -0.39 is 5.97 Å². The number of aliphatic carboxylic acids is 1. The molecule has 0 aromatic heterocycles. The third-order valence-corrected chi connectivity index (χ3v) is 4.47. The highest BCUT2D eigenvalue weighted by Gasteiger charge is 2.05. The second-order valence-corrected chi connectivity index (χ2v) is 6.57. The second kappa shape index (κ2) is 9.79. The minimum atomic E-state index is -0.982. The maximum Gasteiger partial charge on any atom is 0.328 e. The van der Waals surface area contributed by atoms with Crippen LogP contribution in [-0.4, -0.2) is 30.5 Å². The van der Waals surface area contributed by atoms with Crippen molar-refractivity contribution in [3.63, 3.8) is 0 Å². The van der Waals surface area contributed by atoms with Crippen molar-refractivity contribution in [2.24, 2.45) is 0 Å². The zero-order valence-corrected chi connectivity index (χ0v) is 15.2. The number of hydrogen-bond donors (Lipinski definition) is 1. The van der Waals surface area contributed by atoms with E-state index in [0.29, 0.717) is 18.1 Å². The lowest BCUT2D eigenvalue weighted by molar-refractivity contribution is -0.131. The quantitative estimate of drug-likeness (QED) is 0.531. The molecule has 2 aromatic rings. The first-order valence-corrected chi connectivity index (χ1v) is 9.09. The standard InChI is InChI=1S/C20H22O4S/c1-15-3-5-17(6-4-15)14-25-12-11-24-18-9-7-16(8-10-20(21)22)13-19(18)23-2/h3-10,13H,11-12,14H2,1-2H3,(H,21,22). The molecule has 0 bridgehead atoms. The number of carboxylic acids is 1. The Balaban J connectivity index is 1.81. The van der Waals surface area contributed by atoms with Crippen molar-refractivity contribution in [2.75, 3.05) is 19.5 Å². The Morgan fingerprint density at radius 2 is 1.92 bits per heavy atom. The van der Waals surface area contributed by atoms with Crippen LogP contribution >= 0.6 is 11.8 Å². The van der Waals surface area contributed by atoms with E-state index in [1.807, 2.05) is 11.8 Å². The van der Waals surface area contributed by atoms with Gasteiger partial charge in [0.05, 0.1) is 13.7 Å². The summed E-state index contributed by atoms with van der Waals surface area (Å²) in [4.78, 5) is 10.6. The summed E-state index contributed by atoms with van der Waals surface area (Å²) < 4.78 is 11.1. The van der Waals surface area contributed by atoms with Gasteiger partial charge in [0, 0.05) is 17.6 Å². The van der Waals surface area contributed by atoms with Gasteiger partial charge in [-0.15, -0.1) is 0 Å². The number of hydrogen-bond acceptors (Lipinski definition) is 4. The van der Waals surface area contributed by atoms with Gasteiger partial charge in [-0.1, -0.05) is 35.9 Å². The molecule has 0 saturated heterocycles. The van der Waals surface area contributed by atoms with Crippen LogP contribution < -0.4 is 9.47 Å². The zero-order chi connectivity index (χ0) is 18.1. The molecule has 2 rings (SSSR count). The topological polar surface area (TPSA) is 55.8 Å². The molecule has 0 fully saturated rings. The third-order valence-electron chi connectivity index (χ3n) is 3.48. The molecular weight excluding hydrogens is 336 g/mol. The van der Waals surface area contributed by atoms with E-state index in [-0.39, 0.29) is 0 Å². The van der Waals surface area contributed by atoms with Crippen molar-refractivity contribution in [1.29, 1.82) is 0 Å². The van der Waals surface area contributed by atoms with Crippen molar-refractivity contribution in [3.8, 4) is 11.5 Å². The van der Waals surface area contributed by atoms with Crippen molar-refractivity contribution in [1.82, 2.24) is 0 Å². The Kier molecular flexibility index (Phi) is 7.41. The third kappa shape index (κ3) is 6.55. The van der Waals surface area contributed by atoms with E-state index in [1.54, 1.807) is 25.3 Å². The van der Waals surface area contributed by atoms with Crippen LogP contribution in [0.25, 0.3) is 6.08 Å². The van der Waals surface area contributed by atoms with Gasteiger partial charge in [0.25, 0.3) is 0 Å². The number of aryl methyl sites for hydroxylation is 1. The predicted octanol–water partition coefficient (Wildman–Crippen LogP) is 4.41. The van der Waals surface area contributed by atoms with Gasteiger partial charge in [-0.25, -0.2) is 4.79 Å². The molecule has 132 valence electrons. The summed E-state index contributed by atoms with van der Waals surface area (Å²) in [5.74, 6) is 2.10. The molecular formula is C20H22O4S. The number of rotatable bonds is 9. The van der Waals surface area contributed by atoms with Crippen LogP contribution in [0, 0.1) is 6.92 Å². The van der Waals surface area contributed by atoms with E-state index in [2.05, 4.69) is 31.2 Å². The Labute approximate surface area is 152 Å². The van der Waals surface area contributed by atoms with Gasteiger partial charge in [-0.3, -0.25) is 0 Å². The lowest BCUT2D eigenvalue weighted by Crippen LogP contribution is -2.02. The van der Waals surface area contributed by atoms with Crippen LogP contribution in [0.1, 0.15) is 16.7 Å². The SMILES string of the molecule is COc1cc(C=CC(=O)O)ccc1OCCSCc1ccc(C)cc1. The molecule has 5 heteroatoms. The highest BCUT2D eigenvalue weighted by molar-refractivity contribution is 7.98. The predicted molar refractivity (Wildman–Crippen MR) is 102 cm³/mol. The minimum Gasteiger partial charge on any atom is -0.493 e. The van der Waals surface area contributed by atoms with Crippen molar-refractivity contribution < 1.29 is 19.4 Å². The van der Waals surface area contributed by atoms with Crippen LogP contribution in [0.4, 0.5) is 0 Å². The average Bonchev–Trinajstić information content (AvgIpc) is 2.61. The summed E-state index contributed by atoms with van der Waals surface area (Å²) in [5.41, 5.74) is 3.33. The van der Waals surface area contributed by atoms with Crippen LogP contribution in [0.15, 0.2) is 48.5 Å².